The van der Waals surface area contributed by atoms with Crippen molar-refractivity contribution in [3.8, 4) is 17.2 Å². The summed E-state index contributed by atoms with van der Waals surface area (Å²) in [7, 11) is 1.55. The largest absolute Gasteiger partial charge is 0.507 e. The number of hydrogen-bond acceptors (Lipinski definition) is 7. The van der Waals surface area contributed by atoms with E-state index in [0.29, 0.717) is 41.6 Å². The van der Waals surface area contributed by atoms with Crippen molar-refractivity contribution >= 4 is 17.4 Å². The third-order valence-electron chi connectivity index (χ3n) is 7.93. The zero-order valence-corrected chi connectivity index (χ0v) is 25.9. The molecule has 8 heteroatoms. The highest BCUT2D eigenvalue weighted by molar-refractivity contribution is 6.46. The van der Waals surface area contributed by atoms with Gasteiger partial charge in [0.2, 0.25) is 0 Å². The smallest absolute Gasteiger partial charge is 0.295 e. The molecule has 0 radical (unpaired) electrons. The van der Waals surface area contributed by atoms with Gasteiger partial charge >= 0.3 is 0 Å². The lowest BCUT2D eigenvalue weighted by Crippen LogP contribution is -2.29. The number of carbonyl (C=O) groups is 2. The molecule has 1 atom stereocenters. The third-order valence-corrected chi connectivity index (χ3v) is 7.93. The number of amides is 1. The first-order valence-electron chi connectivity index (χ1n) is 15.2. The predicted molar refractivity (Wildman–Crippen MR) is 172 cm³/mol. The van der Waals surface area contributed by atoms with E-state index in [9.17, 15) is 14.7 Å². The minimum Gasteiger partial charge on any atom is -0.507 e. The normalized spacial score (nSPS) is 15.7. The summed E-state index contributed by atoms with van der Waals surface area (Å²) in [6.07, 6.45) is 6.33. The highest BCUT2D eigenvalue weighted by Crippen LogP contribution is 2.43. The number of aromatic nitrogens is 1. The molecule has 0 aliphatic carbocycles. The molecule has 5 rings (SSSR count). The first kappa shape index (κ1) is 31.3. The molecule has 0 spiro atoms. The first-order chi connectivity index (χ1) is 21.9. The maximum Gasteiger partial charge on any atom is 0.295 e. The fourth-order valence-corrected chi connectivity index (χ4v) is 5.38. The number of aryl methyl sites for hydroxylation is 1. The van der Waals surface area contributed by atoms with E-state index in [4.69, 9.17) is 14.2 Å². The second-order valence-corrected chi connectivity index (χ2v) is 11.0. The lowest BCUT2D eigenvalue weighted by Gasteiger charge is -2.26. The van der Waals surface area contributed by atoms with E-state index >= 15 is 0 Å². The van der Waals surface area contributed by atoms with Gasteiger partial charge in [0, 0.05) is 24.5 Å². The lowest BCUT2D eigenvalue weighted by atomic mass is 9.94. The summed E-state index contributed by atoms with van der Waals surface area (Å²) in [5, 5.41) is 11.6. The van der Waals surface area contributed by atoms with E-state index in [2.05, 4.69) is 11.9 Å². The lowest BCUT2D eigenvalue weighted by molar-refractivity contribution is -0.140. The van der Waals surface area contributed by atoms with E-state index in [1.807, 2.05) is 37.3 Å². The number of ketones is 1. The van der Waals surface area contributed by atoms with E-state index in [-0.39, 0.29) is 17.9 Å². The Bertz CT molecular complexity index is 1670. The molecule has 3 aromatic carbocycles. The number of rotatable bonds is 13. The predicted octanol–water partition coefficient (Wildman–Crippen LogP) is 7.17. The van der Waals surface area contributed by atoms with Crippen molar-refractivity contribution < 1.29 is 28.9 Å². The van der Waals surface area contributed by atoms with Gasteiger partial charge in [-0.3, -0.25) is 14.6 Å². The van der Waals surface area contributed by atoms with E-state index in [1.54, 1.807) is 68.0 Å². The molecule has 0 bridgehead atoms. The monoisotopic (exact) mass is 606 g/mol. The number of hydrogen-bond donors (Lipinski definition) is 1. The van der Waals surface area contributed by atoms with Crippen molar-refractivity contribution in [2.45, 2.75) is 52.3 Å². The Kier molecular flexibility index (Phi) is 10.1. The third kappa shape index (κ3) is 7.17. The molecule has 1 aliphatic heterocycles. The fraction of sp³-hybridized carbons (Fsp3) is 0.270. The molecule has 0 saturated carbocycles. The van der Waals surface area contributed by atoms with Crippen molar-refractivity contribution in [1.82, 2.24) is 9.88 Å². The Morgan fingerprint density at radius 3 is 2.38 bits per heavy atom. The summed E-state index contributed by atoms with van der Waals surface area (Å²) in [6, 6.07) is 22.9. The molecule has 1 amide bonds. The van der Waals surface area contributed by atoms with Crippen molar-refractivity contribution in [3.05, 3.63) is 125 Å². The van der Waals surface area contributed by atoms with Gasteiger partial charge in [0.1, 0.15) is 18.1 Å². The molecule has 1 saturated heterocycles. The number of likely N-dealkylation sites (tertiary alicyclic amines) is 1. The van der Waals surface area contributed by atoms with Gasteiger partial charge in [0.25, 0.3) is 11.7 Å². The van der Waals surface area contributed by atoms with Crippen molar-refractivity contribution in [3.63, 3.8) is 0 Å². The Morgan fingerprint density at radius 1 is 0.911 bits per heavy atom. The van der Waals surface area contributed by atoms with Crippen LogP contribution >= 0.6 is 0 Å². The van der Waals surface area contributed by atoms with Crippen LogP contribution in [0.25, 0.3) is 5.76 Å². The molecular weight excluding hydrogens is 568 g/mol. The molecule has 1 N–H and O–H groups in total. The Balaban J connectivity index is 1.48. The maximum absolute atomic E-state index is 13.6. The SMILES string of the molecule is CCCCCOc1ccc(C2C(=C(O)c3ccc(OCc4ccccc4C)cc3)C(=O)C(=O)N2Cc2ccncc2)cc1OC. The minimum absolute atomic E-state index is 0.00121. The van der Waals surface area contributed by atoms with Gasteiger partial charge < -0.3 is 24.2 Å². The number of methoxy groups -OCH3 is 1. The molecule has 232 valence electrons. The van der Waals surface area contributed by atoms with Crippen LogP contribution in [0.1, 0.15) is 60.0 Å². The van der Waals surface area contributed by atoms with Crippen LogP contribution in [0.5, 0.6) is 17.2 Å². The average molecular weight is 607 g/mol. The summed E-state index contributed by atoms with van der Waals surface area (Å²) in [5.74, 6) is -0.0530. The summed E-state index contributed by atoms with van der Waals surface area (Å²) in [4.78, 5) is 32.6. The first-order valence-corrected chi connectivity index (χ1v) is 15.2. The summed E-state index contributed by atoms with van der Waals surface area (Å²) >= 11 is 0. The number of aliphatic hydroxyl groups is 1. The highest BCUT2D eigenvalue weighted by Gasteiger charge is 2.46. The Labute approximate surface area is 263 Å². The van der Waals surface area contributed by atoms with Crippen LogP contribution < -0.4 is 14.2 Å². The molecule has 4 aromatic rings. The zero-order valence-electron chi connectivity index (χ0n) is 25.9. The van der Waals surface area contributed by atoms with Gasteiger partial charge in [-0.1, -0.05) is 50.1 Å². The van der Waals surface area contributed by atoms with Gasteiger partial charge in [0.05, 0.1) is 25.3 Å². The molecule has 2 heterocycles. The van der Waals surface area contributed by atoms with Crippen LogP contribution in [0.15, 0.2) is 96.8 Å². The van der Waals surface area contributed by atoms with Crippen molar-refractivity contribution in [2.24, 2.45) is 0 Å². The molecular formula is C37H38N2O6. The van der Waals surface area contributed by atoms with E-state index in [0.717, 1.165) is 36.0 Å². The number of nitrogens with zero attached hydrogens (tertiary/aromatic N) is 2. The van der Waals surface area contributed by atoms with Crippen LogP contribution in [0.4, 0.5) is 0 Å². The number of carbonyl (C=O) groups excluding carboxylic acids is 2. The van der Waals surface area contributed by atoms with Crippen LogP contribution in [0.3, 0.4) is 0 Å². The van der Waals surface area contributed by atoms with Gasteiger partial charge in [-0.25, -0.2) is 0 Å². The van der Waals surface area contributed by atoms with Crippen molar-refractivity contribution in [2.75, 3.05) is 13.7 Å². The summed E-state index contributed by atoms with van der Waals surface area (Å²) < 4.78 is 17.6. The Hall–Kier alpha value is -5.11. The van der Waals surface area contributed by atoms with E-state index in [1.165, 1.54) is 4.90 Å². The second kappa shape index (κ2) is 14.6. The molecule has 1 aliphatic rings. The topological polar surface area (TPSA) is 98.2 Å². The van der Waals surface area contributed by atoms with Gasteiger partial charge in [-0.15, -0.1) is 0 Å². The maximum atomic E-state index is 13.6. The van der Waals surface area contributed by atoms with Gasteiger partial charge in [-0.05, 0) is 84.1 Å². The Morgan fingerprint density at radius 2 is 1.67 bits per heavy atom. The molecule has 1 unspecified atom stereocenters. The summed E-state index contributed by atoms with van der Waals surface area (Å²) in [6.45, 7) is 5.27. The van der Waals surface area contributed by atoms with Crippen LogP contribution in [-0.2, 0) is 22.7 Å². The second-order valence-electron chi connectivity index (χ2n) is 11.0. The standard InChI is InChI=1S/C37H38N2O6/c1-4-5-8-21-44-31-16-13-28(22-32(31)43-3)34-33(36(41)37(42)39(34)23-26-17-19-38-20-18-26)35(40)27-11-14-30(15-12-27)45-24-29-10-7-6-9-25(29)2/h6-7,9-20,22,34,40H,4-5,8,21,23-24H2,1-3H3. The summed E-state index contributed by atoms with van der Waals surface area (Å²) in [5.41, 5.74) is 4.02. The van der Waals surface area contributed by atoms with Crippen LogP contribution in [-0.4, -0.2) is 40.4 Å². The highest BCUT2D eigenvalue weighted by atomic mass is 16.5. The molecule has 45 heavy (non-hydrogen) atoms. The van der Waals surface area contributed by atoms with Crippen LogP contribution in [0, 0.1) is 6.92 Å². The molecule has 1 aromatic heterocycles. The number of aliphatic hydroxyl groups excluding tert-OH is 1. The number of unbranched alkanes of at least 4 members (excludes halogenated alkanes) is 2. The number of benzene rings is 3. The average Bonchev–Trinajstić information content (AvgIpc) is 3.31. The van der Waals surface area contributed by atoms with Gasteiger partial charge in [-0.2, -0.15) is 0 Å². The van der Waals surface area contributed by atoms with E-state index < -0.39 is 17.7 Å². The van der Waals surface area contributed by atoms with Crippen molar-refractivity contribution in [1.29, 1.82) is 0 Å². The minimum atomic E-state index is -0.863. The molecule has 8 nitrogen and oxygen atoms in total. The number of pyridine rings is 1. The fourth-order valence-electron chi connectivity index (χ4n) is 5.38. The number of Topliss-reactive ketones (excluding diaryl/α,β-unsaturated/α-hetero) is 1. The van der Waals surface area contributed by atoms with Crippen LogP contribution in [0.2, 0.25) is 0 Å². The zero-order chi connectivity index (χ0) is 31.8. The quantitative estimate of drug-likeness (QED) is 0.0746. The number of ether oxygens (including phenoxy) is 3. The van der Waals surface area contributed by atoms with Gasteiger partial charge in [0.15, 0.2) is 11.5 Å². The molecule has 1 fully saturated rings.